The van der Waals surface area contributed by atoms with Crippen LogP contribution in [0.5, 0.6) is 5.75 Å². The predicted molar refractivity (Wildman–Crippen MR) is 137 cm³/mol. The molecule has 5 N–H and O–H groups in total. The molecule has 0 saturated carbocycles. The molecule has 1 saturated heterocycles. The van der Waals surface area contributed by atoms with Crippen molar-refractivity contribution in [2.75, 3.05) is 39.8 Å². The van der Waals surface area contributed by atoms with Crippen LogP contribution < -0.4 is 21.5 Å². The Morgan fingerprint density at radius 3 is 2.73 bits per heavy atom. The van der Waals surface area contributed by atoms with Gasteiger partial charge in [-0.25, -0.2) is 0 Å². The van der Waals surface area contributed by atoms with Gasteiger partial charge >= 0.3 is 0 Å². The fourth-order valence-corrected chi connectivity index (χ4v) is 4.43. The molecule has 0 spiro atoms. The minimum absolute atomic E-state index is 0.654. The molecule has 0 aliphatic carbocycles. The Bertz CT molecular complexity index is 894. The van der Waals surface area contributed by atoms with E-state index in [4.69, 9.17) is 16.2 Å². The first-order valence-corrected chi connectivity index (χ1v) is 11.9. The lowest BCUT2D eigenvalue weighted by molar-refractivity contribution is 0.233. The third-order valence-electron chi connectivity index (χ3n) is 6.10. The van der Waals surface area contributed by atoms with Gasteiger partial charge < -0.3 is 26.4 Å². The van der Waals surface area contributed by atoms with E-state index in [0.717, 1.165) is 93.4 Å². The van der Waals surface area contributed by atoms with Crippen molar-refractivity contribution < 1.29 is 4.74 Å². The Morgan fingerprint density at radius 2 is 2.03 bits per heavy atom. The minimum Gasteiger partial charge on any atom is -0.496 e. The van der Waals surface area contributed by atoms with Gasteiger partial charge in [-0.2, -0.15) is 0 Å². The summed E-state index contributed by atoms with van der Waals surface area (Å²) in [6.07, 6.45) is 7.84. The molecule has 1 fully saturated rings. The second-order valence-electron chi connectivity index (χ2n) is 8.88. The van der Waals surface area contributed by atoms with Gasteiger partial charge in [0.2, 0.25) is 0 Å². The fraction of sp³-hybridized carbons (Fsp3) is 0.500. The van der Waals surface area contributed by atoms with Gasteiger partial charge in [-0.05, 0) is 49.8 Å². The number of unbranched alkanes of at least 4 members (excludes halogenated alkanes) is 1. The van der Waals surface area contributed by atoms with E-state index in [9.17, 15) is 0 Å². The number of hydrogen-bond donors (Lipinski definition) is 3. The lowest BCUT2D eigenvalue weighted by atomic mass is 10.0. The van der Waals surface area contributed by atoms with Crippen LogP contribution in [-0.4, -0.2) is 56.0 Å². The molecule has 0 unspecified atom stereocenters. The maximum atomic E-state index is 6.38. The summed E-state index contributed by atoms with van der Waals surface area (Å²) in [4.78, 5) is 9.25. The molecule has 3 rings (SSSR count). The molecular weight excluding hydrogens is 412 g/mol. The molecule has 0 atom stereocenters. The maximum absolute atomic E-state index is 6.38. The molecule has 33 heavy (non-hydrogen) atoms. The normalized spacial score (nSPS) is 20.1. The number of hydrogen-bond acceptors (Lipinski definition) is 7. The molecular formula is C26H40N6O. The number of piperazine rings is 1. The minimum atomic E-state index is 0.654. The first-order chi connectivity index (χ1) is 16.0. The van der Waals surface area contributed by atoms with Crippen LogP contribution in [-0.2, 0) is 13.1 Å². The average molecular weight is 453 g/mol. The molecule has 2 heterocycles. The highest BCUT2D eigenvalue weighted by Gasteiger charge is 2.20. The summed E-state index contributed by atoms with van der Waals surface area (Å²) < 4.78 is 5.79. The van der Waals surface area contributed by atoms with Crippen LogP contribution in [0.15, 0.2) is 58.5 Å². The second-order valence-corrected chi connectivity index (χ2v) is 8.88. The summed E-state index contributed by atoms with van der Waals surface area (Å²) in [5.74, 6) is 0.904. The maximum Gasteiger partial charge on any atom is 0.124 e. The van der Waals surface area contributed by atoms with Gasteiger partial charge in [0, 0.05) is 56.2 Å². The zero-order valence-corrected chi connectivity index (χ0v) is 20.3. The number of nitrogens with zero attached hydrogens (tertiary/aromatic N) is 3. The van der Waals surface area contributed by atoms with E-state index in [1.165, 1.54) is 11.1 Å². The smallest absolute Gasteiger partial charge is 0.124 e. The first kappa shape index (κ1) is 24.9. The first-order valence-electron chi connectivity index (χ1n) is 11.9. The highest BCUT2D eigenvalue weighted by Crippen LogP contribution is 2.29. The van der Waals surface area contributed by atoms with E-state index in [0.29, 0.717) is 6.54 Å². The van der Waals surface area contributed by atoms with Crippen LogP contribution in [0.2, 0.25) is 0 Å². The average Bonchev–Trinajstić information content (AvgIpc) is 3.00. The van der Waals surface area contributed by atoms with E-state index in [1.807, 2.05) is 13.3 Å². The van der Waals surface area contributed by atoms with Crippen molar-refractivity contribution in [3.63, 3.8) is 0 Å². The van der Waals surface area contributed by atoms with Crippen molar-refractivity contribution in [1.29, 1.82) is 0 Å². The van der Waals surface area contributed by atoms with Crippen molar-refractivity contribution in [1.82, 2.24) is 15.1 Å². The van der Waals surface area contributed by atoms with E-state index < -0.39 is 0 Å². The molecule has 1 aromatic carbocycles. The Labute approximate surface area is 198 Å². The molecule has 2 aliphatic heterocycles. The van der Waals surface area contributed by atoms with Gasteiger partial charge in [-0.15, -0.1) is 0 Å². The highest BCUT2D eigenvalue weighted by atomic mass is 16.5. The SMILES string of the molecule is C=C(N)CCC/C=C1/CCN=CN(Cc2ccc(CN3CCNCC3)cc2OC)/C1=C(\C)N. The molecule has 0 amide bonds. The Kier molecular flexibility index (Phi) is 9.39. The number of methoxy groups -OCH3 is 1. The van der Waals surface area contributed by atoms with Crippen LogP contribution in [0.1, 0.15) is 43.7 Å². The Balaban J connectivity index is 1.77. The van der Waals surface area contributed by atoms with Crippen molar-refractivity contribution in [3.05, 3.63) is 64.6 Å². The van der Waals surface area contributed by atoms with Crippen molar-refractivity contribution >= 4 is 6.34 Å². The van der Waals surface area contributed by atoms with Crippen LogP contribution >= 0.6 is 0 Å². The molecule has 180 valence electrons. The number of rotatable bonds is 9. The number of nitrogens with two attached hydrogens (primary N) is 2. The largest absolute Gasteiger partial charge is 0.496 e. The summed E-state index contributed by atoms with van der Waals surface area (Å²) in [6.45, 7) is 12.4. The monoisotopic (exact) mass is 452 g/mol. The quantitative estimate of drug-likeness (QED) is 0.499. The Hall–Kier alpha value is -2.77. The van der Waals surface area contributed by atoms with E-state index in [-0.39, 0.29) is 0 Å². The van der Waals surface area contributed by atoms with Crippen molar-refractivity contribution in [3.8, 4) is 5.75 Å². The van der Waals surface area contributed by atoms with Gasteiger partial charge in [0.25, 0.3) is 0 Å². The number of benzene rings is 1. The molecule has 0 bridgehead atoms. The molecule has 1 aromatic rings. The zero-order chi connectivity index (χ0) is 23.6. The molecule has 7 nitrogen and oxygen atoms in total. The summed E-state index contributed by atoms with van der Waals surface area (Å²) in [5.41, 5.74) is 18.3. The molecule has 0 aromatic heterocycles. The van der Waals surface area contributed by atoms with Crippen LogP contribution in [0.25, 0.3) is 0 Å². The zero-order valence-electron chi connectivity index (χ0n) is 20.3. The van der Waals surface area contributed by atoms with E-state index >= 15 is 0 Å². The summed E-state index contributed by atoms with van der Waals surface area (Å²) >= 11 is 0. The highest BCUT2D eigenvalue weighted by molar-refractivity contribution is 5.63. The summed E-state index contributed by atoms with van der Waals surface area (Å²) in [6, 6.07) is 6.56. The number of ether oxygens (including phenoxy) is 1. The predicted octanol–water partition coefficient (Wildman–Crippen LogP) is 3.09. The van der Waals surface area contributed by atoms with Crippen LogP contribution in [0.3, 0.4) is 0 Å². The Morgan fingerprint density at radius 1 is 1.24 bits per heavy atom. The number of nitrogens with one attached hydrogen (secondary N) is 1. The van der Waals surface area contributed by atoms with E-state index in [1.54, 1.807) is 7.11 Å². The lowest BCUT2D eigenvalue weighted by Gasteiger charge is -2.28. The van der Waals surface area contributed by atoms with Crippen molar-refractivity contribution in [2.45, 2.75) is 45.7 Å². The summed E-state index contributed by atoms with van der Waals surface area (Å²) in [5, 5.41) is 3.41. The fourth-order valence-electron chi connectivity index (χ4n) is 4.43. The van der Waals surface area contributed by atoms with Crippen LogP contribution in [0, 0.1) is 0 Å². The van der Waals surface area contributed by atoms with Gasteiger partial charge in [0.15, 0.2) is 0 Å². The third-order valence-corrected chi connectivity index (χ3v) is 6.10. The number of allylic oxidation sites excluding steroid dienone is 4. The number of aliphatic imine (C=N–C) groups is 1. The molecule has 7 heteroatoms. The second kappa shape index (κ2) is 12.5. The topological polar surface area (TPSA) is 92.1 Å². The van der Waals surface area contributed by atoms with Gasteiger partial charge in [-0.1, -0.05) is 24.8 Å². The third kappa shape index (κ3) is 7.37. The standard InChI is InChI=1S/C26H40N6O/c1-20(27)6-4-5-7-23-10-11-30-19-32(26(23)21(2)28)18-24-9-8-22(16-25(24)33-3)17-31-14-12-29-13-15-31/h7-9,16,19,29H,1,4-6,10-15,17-18,27-28H2,2-3H3/b23-7-,26-21+. The lowest BCUT2D eigenvalue weighted by Crippen LogP contribution is -2.42. The van der Waals surface area contributed by atoms with Gasteiger partial charge in [0.05, 0.1) is 25.7 Å². The molecule has 2 aliphatic rings. The summed E-state index contributed by atoms with van der Waals surface area (Å²) in [7, 11) is 1.74. The molecule has 0 radical (unpaired) electrons. The van der Waals surface area contributed by atoms with E-state index in [2.05, 4.69) is 51.0 Å². The van der Waals surface area contributed by atoms with Crippen LogP contribution in [0.4, 0.5) is 0 Å². The van der Waals surface area contributed by atoms with Gasteiger partial charge in [-0.3, -0.25) is 9.89 Å². The van der Waals surface area contributed by atoms with Gasteiger partial charge in [0.1, 0.15) is 5.75 Å². The van der Waals surface area contributed by atoms with Crippen molar-refractivity contribution in [2.24, 2.45) is 16.5 Å².